The lowest BCUT2D eigenvalue weighted by atomic mass is 10.2. The Bertz CT molecular complexity index is 357. The summed E-state index contributed by atoms with van der Waals surface area (Å²) >= 11 is 2.69. The van der Waals surface area contributed by atoms with E-state index < -0.39 is 23.1 Å². The lowest BCUT2D eigenvalue weighted by molar-refractivity contribution is -0.385. The molecule has 0 atom stereocenters. The van der Waals surface area contributed by atoms with Gasteiger partial charge in [0.25, 0.3) is 5.69 Å². The average Bonchev–Trinajstić information content (AvgIpc) is 2.09. The average molecular weight is 252 g/mol. The molecular weight excluding hydrogens is 248 g/mol. The molecule has 0 spiro atoms. The topological polar surface area (TPSA) is 43.1 Å². The monoisotopic (exact) mass is 251 g/mol. The van der Waals surface area contributed by atoms with Crippen molar-refractivity contribution in [2.45, 2.75) is 6.67 Å². The van der Waals surface area contributed by atoms with Gasteiger partial charge in [0, 0.05) is 11.6 Å². The SMILES string of the molecule is O=[N+]([O-])c1ccc(CF)c(F)c1Br. The predicted molar refractivity (Wildman–Crippen MR) is 45.6 cm³/mol. The Morgan fingerprint density at radius 3 is 2.62 bits per heavy atom. The molecule has 13 heavy (non-hydrogen) atoms. The quantitative estimate of drug-likeness (QED) is 0.599. The van der Waals surface area contributed by atoms with Crippen LogP contribution >= 0.6 is 15.9 Å². The summed E-state index contributed by atoms with van der Waals surface area (Å²) < 4.78 is 24.8. The molecule has 0 aliphatic heterocycles. The Labute approximate surface area is 80.6 Å². The number of nitro groups is 1. The van der Waals surface area contributed by atoms with Gasteiger partial charge in [0.15, 0.2) is 0 Å². The summed E-state index contributed by atoms with van der Waals surface area (Å²) in [7, 11) is 0. The van der Waals surface area contributed by atoms with Crippen molar-refractivity contribution in [3.63, 3.8) is 0 Å². The van der Waals surface area contributed by atoms with Gasteiger partial charge in [0.05, 0.1) is 4.92 Å². The van der Waals surface area contributed by atoms with Crippen LogP contribution in [0.1, 0.15) is 5.56 Å². The minimum atomic E-state index is -0.984. The van der Waals surface area contributed by atoms with Gasteiger partial charge in [0.2, 0.25) is 0 Å². The fourth-order valence-electron chi connectivity index (χ4n) is 0.823. The fraction of sp³-hybridized carbons (Fsp3) is 0.143. The molecule has 0 saturated heterocycles. The van der Waals surface area contributed by atoms with Gasteiger partial charge in [-0.1, -0.05) is 0 Å². The van der Waals surface area contributed by atoms with Crippen LogP contribution in [0, 0.1) is 15.9 Å². The molecule has 0 aliphatic carbocycles. The van der Waals surface area contributed by atoms with Crippen LogP contribution in [0.25, 0.3) is 0 Å². The van der Waals surface area contributed by atoms with E-state index in [1.165, 1.54) is 0 Å². The Balaban J connectivity index is 3.31. The molecule has 3 nitrogen and oxygen atoms in total. The van der Waals surface area contributed by atoms with Crippen LogP contribution in [0.4, 0.5) is 14.5 Å². The molecule has 6 heteroatoms. The molecular formula is C7H4BrF2NO2. The third-order valence-corrected chi connectivity index (χ3v) is 2.24. The molecule has 0 unspecified atom stereocenters. The second-order valence-corrected chi connectivity index (χ2v) is 3.06. The smallest absolute Gasteiger partial charge is 0.258 e. The van der Waals surface area contributed by atoms with Crippen LogP contribution in [0.3, 0.4) is 0 Å². The first-order chi connectivity index (χ1) is 6.07. The standard InChI is InChI=1S/C7H4BrF2NO2/c8-6-5(11(12)13)2-1-4(3-9)7(6)10/h1-2H,3H2. The van der Waals surface area contributed by atoms with E-state index in [9.17, 15) is 18.9 Å². The molecule has 70 valence electrons. The van der Waals surface area contributed by atoms with Crippen molar-refractivity contribution >= 4 is 21.6 Å². The summed E-state index contributed by atoms with van der Waals surface area (Å²) in [6.45, 7) is -0.984. The van der Waals surface area contributed by atoms with Gasteiger partial charge in [-0.3, -0.25) is 10.1 Å². The van der Waals surface area contributed by atoms with Gasteiger partial charge in [-0.05, 0) is 22.0 Å². The molecule has 0 aromatic heterocycles. The van der Waals surface area contributed by atoms with Gasteiger partial charge in [-0.15, -0.1) is 0 Å². The Kier molecular flexibility index (Phi) is 2.92. The first-order valence-electron chi connectivity index (χ1n) is 3.25. The maximum Gasteiger partial charge on any atom is 0.286 e. The summed E-state index contributed by atoms with van der Waals surface area (Å²) in [5.41, 5.74) is -0.604. The lowest BCUT2D eigenvalue weighted by Gasteiger charge is -2.00. The Hall–Kier alpha value is -1.04. The predicted octanol–water partition coefficient (Wildman–Crippen LogP) is 2.97. The largest absolute Gasteiger partial charge is 0.286 e. The number of halogens is 3. The summed E-state index contributed by atoms with van der Waals surface area (Å²) in [4.78, 5) is 9.55. The van der Waals surface area contributed by atoms with E-state index in [-0.39, 0.29) is 10.0 Å². The third-order valence-electron chi connectivity index (χ3n) is 1.48. The van der Waals surface area contributed by atoms with E-state index in [4.69, 9.17) is 0 Å². The maximum atomic E-state index is 13.0. The second-order valence-electron chi connectivity index (χ2n) is 2.26. The number of nitro benzene ring substituents is 1. The van der Waals surface area contributed by atoms with Gasteiger partial charge in [0.1, 0.15) is 17.0 Å². The Morgan fingerprint density at radius 2 is 2.15 bits per heavy atom. The van der Waals surface area contributed by atoms with Gasteiger partial charge in [-0.25, -0.2) is 8.78 Å². The van der Waals surface area contributed by atoms with Crippen LogP contribution in [0.15, 0.2) is 16.6 Å². The minimum Gasteiger partial charge on any atom is -0.258 e. The van der Waals surface area contributed by atoms with Crippen LogP contribution in [-0.2, 0) is 6.67 Å². The van der Waals surface area contributed by atoms with Crippen molar-refractivity contribution < 1.29 is 13.7 Å². The highest BCUT2D eigenvalue weighted by atomic mass is 79.9. The molecule has 0 amide bonds. The van der Waals surface area contributed by atoms with E-state index in [1.807, 2.05) is 0 Å². The zero-order chi connectivity index (χ0) is 10.0. The van der Waals surface area contributed by atoms with E-state index in [2.05, 4.69) is 15.9 Å². The molecule has 0 radical (unpaired) electrons. The number of rotatable bonds is 2. The molecule has 0 fully saturated rings. The second kappa shape index (κ2) is 3.78. The highest BCUT2D eigenvalue weighted by Gasteiger charge is 2.18. The number of hydrogen-bond donors (Lipinski definition) is 0. The van der Waals surface area contributed by atoms with Crippen molar-refractivity contribution in [1.82, 2.24) is 0 Å². The number of hydrogen-bond acceptors (Lipinski definition) is 2. The molecule has 1 rings (SSSR count). The van der Waals surface area contributed by atoms with Gasteiger partial charge < -0.3 is 0 Å². The van der Waals surface area contributed by atoms with Crippen LogP contribution < -0.4 is 0 Å². The van der Waals surface area contributed by atoms with Gasteiger partial charge in [-0.2, -0.15) is 0 Å². The van der Waals surface area contributed by atoms with Crippen molar-refractivity contribution in [2.24, 2.45) is 0 Å². The summed E-state index contributed by atoms with van der Waals surface area (Å²) in [5, 5.41) is 10.3. The van der Waals surface area contributed by atoms with Crippen LogP contribution in [0.5, 0.6) is 0 Å². The zero-order valence-corrected chi connectivity index (χ0v) is 7.85. The lowest BCUT2D eigenvalue weighted by Crippen LogP contribution is -1.95. The van der Waals surface area contributed by atoms with Crippen molar-refractivity contribution in [3.05, 3.63) is 38.1 Å². The van der Waals surface area contributed by atoms with E-state index >= 15 is 0 Å². The van der Waals surface area contributed by atoms with Crippen molar-refractivity contribution in [1.29, 1.82) is 0 Å². The fourth-order valence-corrected chi connectivity index (χ4v) is 1.36. The third kappa shape index (κ3) is 1.82. The molecule has 0 heterocycles. The van der Waals surface area contributed by atoms with Crippen molar-refractivity contribution in [2.75, 3.05) is 0 Å². The molecule has 0 bridgehead atoms. The molecule has 0 saturated carbocycles. The van der Waals surface area contributed by atoms with Crippen LogP contribution in [0.2, 0.25) is 0 Å². The molecule has 0 N–H and O–H groups in total. The number of nitrogens with zero attached hydrogens (tertiary/aromatic N) is 1. The number of alkyl halides is 1. The highest BCUT2D eigenvalue weighted by Crippen LogP contribution is 2.29. The minimum absolute atomic E-state index is 0.197. The summed E-state index contributed by atoms with van der Waals surface area (Å²) in [6.07, 6.45) is 0. The van der Waals surface area contributed by atoms with E-state index in [0.29, 0.717) is 0 Å². The van der Waals surface area contributed by atoms with E-state index in [1.54, 1.807) is 0 Å². The summed E-state index contributed by atoms with van der Waals surface area (Å²) in [6, 6.07) is 2.11. The first-order valence-corrected chi connectivity index (χ1v) is 4.04. The maximum absolute atomic E-state index is 13.0. The van der Waals surface area contributed by atoms with Crippen molar-refractivity contribution in [3.8, 4) is 0 Å². The number of benzene rings is 1. The molecule has 1 aromatic carbocycles. The first kappa shape index (κ1) is 10.0. The highest BCUT2D eigenvalue weighted by molar-refractivity contribution is 9.10. The zero-order valence-electron chi connectivity index (χ0n) is 6.26. The van der Waals surface area contributed by atoms with Gasteiger partial charge >= 0.3 is 0 Å². The normalized spacial score (nSPS) is 10.1. The Morgan fingerprint density at radius 1 is 1.54 bits per heavy atom. The van der Waals surface area contributed by atoms with Crippen LogP contribution in [-0.4, -0.2) is 4.92 Å². The molecule has 1 aromatic rings. The molecule has 0 aliphatic rings. The summed E-state index contributed by atoms with van der Waals surface area (Å²) in [5.74, 6) is -0.920. The van der Waals surface area contributed by atoms with E-state index in [0.717, 1.165) is 12.1 Å².